The molecule has 0 unspecified atom stereocenters. The van der Waals surface area contributed by atoms with Gasteiger partial charge in [-0.05, 0) is 18.4 Å². The van der Waals surface area contributed by atoms with E-state index in [2.05, 4.69) is 5.32 Å². The summed E-state index contributed by atoms with van der Waals surface area (Å²) in [6, 6.07) is 9.41. The molecule has 104 valence electrons. The monoisotopic (exact) mass is 263 g/mol. The van der Waals surface area contributed by atoms with Gasteiger partial charge in [0.1, 0.15) is 0 Å². The number of carboxylic acids is 1. The Balaban J connectivity index is 2.56. The van der Waals surface area contributed by atoms with Gasteiger partial charge in [0, 0.05) is 6.54 Å². The van der Waals surface area contributed by atoms with Crippen molar-refractivity contribution in [2.45, 2.75) is 33.1 Å². The Bertz CT molecular complexity index is 424. The molecule has 0 saturated carbocycles. The molecule has 0 heterocycles. The van der Waals surface area contributed by atoms with E-state index in [1.54, 1.807) is 0 Å². The molecule has 1 amide bonds. The molecule has 0 bridgehead atoms. The second-order valence-electron chi connectivity index (χ2n) is 4.73. The fourth-order valence-corrected chi connectivity index (χ4v) is 1.99. The highest BCUT2D eigenvalue weighted by atomic mass is 16.4. The van der Waals surface area contributed by atoms with Crippen molar-refractivity contribution in [3.63, 3.8) is 0 Å². The largest absolute Gasteiger partial charge is 0.481 e. The Kier molecular flexibility index (Phi) is 5.55. The minimum absolute atomic E-state index is 0.140. The van der Waals surface area contributed by atoms with Crippen LogP contribution in [0.4, 0.5) is 0 Å². The van der Waals surface area contributed by atoms with Crippen LogP contribution in [-0.2, 0) is 16.0 Å². The normalized spacial score (nSPS) is 11.1. The third-order valence-corrected chi connectivity index (χ3v) is 3.64. The van der Waals surface area contributed by atoms with E-state index in [0.29, 0.717) is 12.8 Å². The van der Waals surface area contributed by atoms with Gasteiger partial charge in [-0.1, -0.05) is 44.2 Å². The maximum atomic E-state index is 11.8. The molecule has 0 radical (unpaired) electrons. The first-order valence-corrected chi connectivity index (χ1v) is 6.58. The van der Waals surface area contributed by atoms with Gasteiger partial charge in [-0.3, -0.25) is 9.59 Å². The van der Waals surface area contributed by atoms with Gasteiger partial charge in [-0.15, -0.1) is 0 Å². The van der Waals surface area contributed by atoms with Crippen molar-refractivity contribution in [3.8, 4) is 0 Å². The first-order chi connectivity index (χ1) is 9.04. The minimum Gasteiger partial charge on any atom is -0.481 e. The van der Waals surface area contributed by atoms with Gasteiger partial charge < -0.3 is 10.4 Å². The second kappa shape index (κ2) is 6.92. The van der Waals surface area contributed by atoms with Gasteiger partial charge >= 0.3 is 5.97 Å². The van der Waals surface area contributed by atoms with Gasteiger partial charge in [0.05, 0.1) is 11.8 Å². The van der Waals surface area contributed by atoms with Crippen LogP contribution in [0.15, 0.2) is 30.3 Å². The standard InChI is InChI=1S/C15H21NO3/c1-3-15(4-2,14(18)19)11-16-13(17)10-12-8-6-5-7-9-12/h5-9H,3-4,10-11H2,1-2H3,(H,16,17)(H,18,19). The lowest BCUT2D eigenvalue weighted by atomic mass is 9.82. The summed E-state index contributed by atoms with van der Waals surface area (Å²) in [4.78, 5) is 23.1. The molecule has 4 heteroatoms. The summed E-state index contributed by atoms with van der Waals surface area (Å²) in [6.45, 7) is 3.85. The van der Waals surface area contributed by atoms with E-state index in [9.17, 15) is 14.7 Å². The number of rotatable bonds is 7. The van der Waals surface area contributed by atoms with E-state index in [1.165, 1.54) is 0 Å². The first-order valence-electron chi connectivity index (χ1n) is 6.58. The number of hydrogen-bond acceptors (Lipinski definition) is 2. The Hall–Kier alpha value is -1.84. The summed E-state index contributed by atoms with van der Waals surface area (Å²) >= 11 is 0. The third kappa shape index (κ3) is 4.09. The van der Waals surface area contributed by atoms with E-state index in [4.69, 9.17) is 0 Å². The van der Waals surface area contributed by atoms with Crippen LogP contribution in [0, 0.1) is 5.41 Å². The van der Waals surface area contributed by atoms with Gasteiger partial charge in [-0.2, -0.15) is 0 Å². The number of aliphatic carboxylic acids is 1. The molecule has 0 spiro atoms. The highest BCUT2D eigenvalue weighted by Crippen LogP contribution is 2.25. The Morgan fingerprint density at radius 2 is 1.74 bits per heavy atom. The molecule has 4 nitrogen and oxygen atoms in total. The van der Waals surface area contributed by atoms with E-state index < -0.39 is 11.4 Å². The van der Waals surface area contributed by atoms with Gasteiger partial charge in [0.2, 0.25) is 5.91 Å². The number of carbonyl (C=O) groups excluding carboxylic acids is 1. The zero-order valence-corrected chi connectivity index (χ0v) is 11.5. The fourth-order valence-electron chi connectivity index (χ4n) is 1.99. The molecule has 0 aliphatic rings. The number of carboxylic acid groups (broad SMARTS) is 1. The van der Waals surface area contributed by atoms with Crippen molar-refractivity contribution < 1.29 is 14.7 Å². The lowest BCUT2D eigenvalue weighted by molar-refractivity contribution is -0.149. The van der Waals surface area contributed by atoms with Crippen LogP contribution in [0.5, 0.6) is 0 Å². The summed E-state index contributed by atoms with van der Waals surface area (Å²) in [7, 11) is 0. The minimum atomic E-state index is -0.855. The van der Waals surface area contributed by atoms with Crippen molar-refractivity contribution in [2.75, 3.05) is 6.54 Å². The summed E-state index contributed by atoms with van der Waals surface area (Å²) in [5.74, 6) is -0.990. The molecule has 0 fully saturated rings. The van der Waals surface area contributed by atoms with Crippen molar-refractivity contribution >= 4 is 11.9 Å². The predicted molar refractivity (Wildman–Crippen MR) is 73.8 cm³/mol. The average molecular weight is 263 g/mol. The predicted octanol–water partition coefficient (Wildman–Crippen LogP) is 2.24. The van der Waals surface area contributed by atoms with Crippen LogP contribution in [0.2, 0.25) is 0 Å². The quantitative estimate of drug-likeness (QED) is 0.792. The molecule has 0 aromatic heterocycles. The van der Waals surface area contributed by atoms with Crippen molar-refractivity contribution in [3.05, 3.63) is 35.9 Å². The number of hydrogen-bond donors (Lipinski definition) is 2. The van der Waals surface area contributed by atoms with E-state index >= 15 is 0 Å². The highest BCUT2D eigenvalue weighted by molar-refractivity contribution is 5.80. The van der Waals surface area contributed by atoms with Crippen LogP contribution in [-0.4, -0.2) is 23.5 Å². The fraction of sp³-hybridized carbons (Fsp3) is 0.467. The maximum absolute atomic E-state index is 11.8. The molecule has 0 atom stereocenters. The van der Waals surface area contributed by atoms with Crippen LogP contribution in [0.3, 0.4) is 0 Å². The van der Waals surface area contributed by atoms with Crippen molar-refractivity contribution in [1.29, 1.82) is 0 Å². The third-order valence-electron chi connectivity index (χ3n) is 3.64. The smallest absolute Gasteiger partial charge is 0.311 e. The molecule has 1 aromatic rings. The molecule has 1 rings (SSSR count). The van der Waals surface area contributed by atoms with E-state index in [1.807, 2.05) is 44.2 Å². The van der Waals surface area contributed by atoms with Crippen LogP contribution in [0.1, 0.15) is 32.3 Å². The molecule has 0 aliphatic carbocycles. The molecule has 1 aromatic carbocycles. The zero-order valence-electron chi connectivity index (χ0n) is 11.5. The Labute approximate surface area is 113 Å². The summed E-state index contributed by atoms with van der Waals surface area (Å²) in [5.41, 5.74) is 0.0701. The number of carbonyl (C=O) groups is 2. The molecule has 19 heavy (non-hydrogen) atoms. The molecular weight excluding hydrogens is 242 g/mol. The van der Waals surface area contributed by atoms with Gasteiger partial charge in [0.15, 0.2) is 0 Å². The Morgan fingerprint density at radius 1 is 1.16 bits per heavy atom. The van der Waals surface area contributed by atoms with Crippen LogP contribution >= 0.6 is 0 Å². The zero-order chi connectivity index (χ0) is 14.3. The first kappa shape index (κ1) is 15.2. The summed E-state index contributed by atoms with van der Waals surface area (Å²) < 4.78 is 0. The average Bonchev–Trinajstić information content (AvgIpc) is 2.41. The lowest BCUT2D eigenvalue weighted by Crippen LogP contribution is -2.42. The number of amides is 1. The SMILES string of the molecule is CCC(CC)(CNC(=O)Cc1ccccc1)C(=O)O. The van der Waals surface area contributed by atoms with Gasteiger partial charge in [0.25, 0.3) is 0 Å². The van der Waals surface area contributed by atoms with E-state index in [0.717, 1.165) is 5.56 Å². The maximum Gasteiger partial charge on any atom is 0.311 e. The Morgan fingerprint density at radius 3 is 2.21 bits per heavy atom. The molecule has 2 N–H and O–H groups in total. The topological polar surface area (TPSA) is 66.4 Å². The van der Waals surface area contributed by atoms with Crippen molar-refractivity contribution in [2.24, 2.45) is 5.41 Å². The molecular formula is C15H21NO3. The number of benzene rings is 1. The van der Waals surface area contributed by atoms with E-state index in [-0.39, 0.29) is 18.9 Å². The number of nitrogens with one attached hydrogen (secondary N) is 1. The van der Waals surface area contributed by atoms with Crippen molar-refractivity contribution in [1.82, 2.24) is 5.32 Å². The lowest BCUT2D eigenvalue weighted by Gasteiger charge is -2.26. The molecule has 0 saturated heterocycles. The highest BCUT2D eigenvalue weighted by Gasteiger charge is 2.34. The molecule has 0 aliphatic heterocycles. The van der Waals surface area contributed by atoms with Crippen LogP contribution < -0.4 is 5.32 Å². The van der Waals surface area contributed by atoms with Gasteiger partial charge in [-0.25, -0.2) is 0 Å². The summed E-state index contributed by atoms with van der Waals surface area (Å²) in [5, 5.41) is 12.0. The van der Waals surface area contributed by atoms with Crippen LogP contribution in [0.25, 0.3) is 0 Å². The second-order valence-corrected chi connectivity index (χ2v) is 4.73. The summed E-state index contributed by atoms with van der Waals surface area (Å²) in [6.07, 6.45) is 1.29.